The maximum Gasteiger partial charge on any atom is 0.356 e. The zero-order valence-corrected chi connectivity index (χ0v) is 7.98. The maximum atomic E-state index is 10.9. The zero-order valence-electron chi connectivity index (χ0n) is 7.98. The lowest BCUT2D eigenvalue weighted by Crippen LogP contribution is -2.13. The minimum absolute atomic E-state index is 0.0268. The van der Waals surface area contributed by atoms with Gasteiger partial charge in [-0.25, -0.2) is 9.48 Å². The summed E-state index contributed by atoms with van der Waals surface area (Å²) in [6, 6.07) is 0.0268. The van der Waals surface area contributed by atoms with E-state index in [1.807, 2.05) is 20.8 Å². The highest BCUT2D eigenvalue weighted by atomic mass is 16.4. The molecule has 0 fully saturated rings. The van der Waals surface area contributed by atoms with E-state index in [1.165, 1.54) is 4.68 Å². The molecule has 0 aromatic carbocycles. The topological polar surface area (TPSA) is 68.0 Å². The highest BCUT2D eigenvalue weighted by Crippen LogP contribution is 2.11. The summed E-state index contributed by atoms with van der Waals surface area (Å²) in [6.07, 6.45) is 0.592. The van der Waals surface area contributed by atoms with Crippen molar-refractivity contribution in [1.29, 1.82) is 0 Å². The molecule has 1 aromatic heterocycles. The van der Waals surface area contributed by atoms with Crippen molar-refractivity contribution in [3.8, 4) is 0 Å². The summed E-state index contributed by atoms with van der Waals surface area (Å²) in [4.78, 5) is 10.9. The average molecular weight is 183 g/mol. The first kappa shape index (κ1) is 9.70. The van der Waals surface area contributed by atoms with Crippen LogP contribution < -0.4 is 0 Å². The molecule has 1 aromatic rings. The first-order chi connectivity index (χ1) is 6.07. The predicted octanol–water partition coefficient (Wildman–Crippen LogP) is 1.12. The van der Waals surface area contributed by atoms with E-state index in [2.05, 4.69) is 10.3 Å². The molecule has 5 nitrogen and oxygen atoms in total. The van der Waals surface area contributed by atoms with Crippen molar-refractivity contribution in [1.82, 2.24) is 15.0 Å². The van der Waals surface area contributed by atoms with Crippen LogP contribution in [0, 0.1) is 0 Å². The van der Waals surface area contributed by atoms with Gasteiger partial charge in [0.05, 0.1) is 5.69 Å². The highest BCUT2D eigenvalue weighted by Gasteiger charge is 2.19. The van der Waals surface area contributed by atoms with Gasteiger partial charge in [0.15, 0.2) is 5.69 Å². The van der Waals surface area contributed by atoms with E-state index in [-0.39, 0.29) is 11.7 Å². The van der Waals surface area contributed by atoms with Gasteiger partial charge in [0.2, 0.25) is 0 Å². The number of carbonyl (C=O) groups is 1. The fourth-order valence-corrected chi connectivity index (χ4v) is 1.15. The lowest BCUT2D eigenvalue weighted by molar-refractivity contribution is 0.0680. The second-order valence-electron chi connectivity index (χ2n) is 3.08. The Kier molecular flexibility index (Phi) is 2.65. The van der Waals surface area contributed by atoms with Crippen molar-refractivity contribution in [3.05, 3.63) is 11.4 Å². The number of nitrogens with zero attached hydrogens (tertiary/aromatic N) is 3. The van der Waals surface area contributed by atoms with Crippen LogP contribution in [-0.2, 0) is 6.42 Å². The molecular formula is C8H13N3O2. The van der Waals surface area contributed by atoms with Crippen molar-refractivity contribution in [2.45, 2.75) is 33.2 Å². The molecule has 0 amide bonds. The van der Waals surface area contributed by atoms with Crippen LogP contribution in [0.2, 0.25) is 0 Å². The summed E-state index contributed by atoms with van der Waals surface area (Å²) >= 11 is 0. The normalized spacial score (nSPS) is 10.8. The molecule has 72 valence electrons. The third-order valence-corrected chi connectivity index (χ3v) is 1.79. The average Bonchev–Trinajstić information content (AvgIpc) is 2.46. The van der Waals surface area contributed by atoms with E-state index in [9.17, 15) is 4.79 Å². The van der Waals surface area contributed by atoms with E-state index < -0.39 is 5.97 Å². The molecule has 1 N–H and O–H groups in total. The van der Waals surface area contributed by atoms with Gasteiger partial charge in [-0.05, 0) is 20.3 Å². The van der Waals surface area contributed by atoms with Crippen molar-refractivity contribution in [2.75, 3.05) is 0 Å². The smallest absolute Gasteiger partial charge is 0.356 e. The second-order valence-corrected chi connectivity index (χ2v) is 3.08. The number of carboxylic acids is 1. The molecule has 0 unspecified atom stereocenters. The summed E-state index contributed by atoms with van der Waals surface area (Å²) in [5.41, 5.74) is 0.749. The van der Waals surface area contributed by atoms with Crippen molar-refractivity contribution in [3.63, 3.8) is 0 Å². The molecule has 1 heterocycles. The summed E-state index contributed by atoms with van der Waals surface area (Å²) in [6.45, 7) is 5.61. The van der Waals surface area contributed by atoms with Gasteiger partial charge in [0.1, 0.15) is 0 Å². The van der Waals surface area contributed by atoms with Crippen LogP contribution in [0.4, 0.5) is 0 Å². The quantitative estimate of drug-likeness (QED) is 0.762. The Balaban J connectivity index is 3.22. The molecule has 0 aliphatic heterocycles. The Hall–Kier alpha value is -1.39. The lowest BCUT2D eigenvalue weighted by Gasteiger charge is -2.06. The highest BCUT2D eigenvalue weighted by molar-refractivity contribution is 5.86. The number of carboxylic acid groups (broad SMARTS) is 1. The standard InChI is InChI=1S/C8H13N3O2/c1-4-6-7(8(12)13)11(5(2)3)10-9-6/h5H,4H2,1-3H3,(H,12,13). The Morgan fingerprint density at radius 1 is 1.62 bits per heavy atom. The van der Waals surface area contributed by atoms with Crippen molar-refractivity contribution >= 4 is 5.97 Å². The fourth-order valence-electron chi connectivity index (χ4n) is 1.15. The van der Waals surface area contributed by atoms with E-state index in [0.29, 0.717) is 12.1 Å². The molecule has 0 saturated carbocycles. The molecule has 0 spiro atoms. The summed E-state index contributed by atoms with van der Waals surface area (Å²) in [5, 5.41) is 16.5. The Bertz CT molecular complexity index is 317. The first-order valence-electron chi connectivity index (χ1n) is 4.25. The Morgan fingerprint density at radius 2 is 2.23 bits per heavy atom. The van der Waals surface area contributed by atoms with Gasteiger partial charge in [-0.3, -0.25) is 0 Å². The molecule has 5 heteroatoms. The molecule has 0 aliphatic carbocycles. The minimum atomic E-state index is -0.962. The minimum Gasteiger partial charge on any atom is -0.476 e. The van der Waals surface area contributed by atoms with Gasteiger partial charge in [0.25, 0.3) is 0 Å². The summed E-state index contributed by atoms with van der Waals surface area (Å²) in [5.74, 6) is -0.962. The molecule has 0 aliphatic rings. The fraction of sp³-hybridized carbons (Fsp3) is 0.625. The number of hydrogen-bond acceptors (Lipinski definition) is 3. The zero-order chi connectivity index (χ0) is 10.0. The number of aromatic carboxylic acids is 1. The molecular weight excluding hydrogens is 170 g/mol. The van der Waals surface area contributed by atoms with E-state index in [1.54, 1.807) is 0 Å². The van der Waals surface area contributed by atoms with Crippen LogP contribution in [0.25, 0.3) is 0 Å². The van der Waals surface area contributed by atoms with Crippen LogP contribution in [0.3, 0.4) is 0 Å². The maximum absolute atomic E-state index is 10.9. The van der Waals surface area contributed by atoms with Gasteiger partial charge in [0, 0.05) is 6.04 Å². The van der Waals surface area contributed by atoms with E-state index in [4.69, 9.17) is 5.11 Å². The molecule has 0 saturated heterocycles. The molecule has 0 radical (unpaired) electrons. The number of aromatic nitrogens is 3. The van der Waals surface area contributed by atoms with Gasteiger partial charge >= 0.3 is 5.97 Å². The Labute approximate surface area is 76.4 Å². The van der Waals surface area contributed by atoms with Gasteiger partial charge in [-0.2, -0.15) is 0 Å². The number of rotatable bonds is 3. The first-order valence-corrected chi connectivity index (χ1v) is 4.25. The van der Waals surface area contributed by atoms with Crippen LogP contribution >= 0.6 is 0 Å². The number of aryl methyl sites for hydroxylation is 1. The SMILES string of the molecule is CCc1nnn(C(C)C)c1C(=O)O. The Morgan fingerprint density at radius 3 is 2.62 bits per heavy atom. The van der Waals surface area contributed by atoms with Crippen molar-refractivity contribution < 1.29 is 9.90 Å². The van der Waals surface area contributed by atoms with Gasteiger partial charge in [-0.1, -0.05) is 12.1 Å². The van der Waals surface area contributed by atoms with Gasteiger partial charge < -0.3 is 5.11 Å². The largest absolute Gasteiger partial charge is 0.476 e. The second kappa shape index (κ2) is 3.55. The third kappa shape index (κ3) is 1.68. The molecule has 13 heavy (non-hydrogen) atoms. The van der Waals surface area contributed by atoms with E-state index in [0.717, 1.165) is 0 Å². The third-order valence-electron chi connectivity index (χ3n) is 1.79. The summed E-state index contributed by atoms with van der Waals surface area (Å²) < 4.78 is 1.43. The van der Waals surface area contributed by atoms with Crippen LogP contribution in [0.5, 0.6) is 0 Å². The number of hydrogen-bond donors (Lipinski definition) is 1. The van der Waals surface area contributed by atoms with E-state index >= 15 is 0 Å². The van der Waals surface area contributed by atoms with Crippen LogP contribution in [0.15, 0.2) is 0 Å². The predicted molar refractivity (Wildman–Crippen MR) is 46.7 cm³/mol. The monoisotopic (exact) mass is 183 g/mol. The van der Waals surface area contributed by atoms with Crippen LogP contribution in [0.1, 0.15) is 43.0 Å². The molecule has 0 bridgehead atoms. The molecule has 0 atom stereocenters. The lowest BCUT2D eigenvalue weighted by atomic mass is 10.2. The van der Waals surface area contributed by atoms with Gasteiger partial charge in [-0.15, -0.1) is 5.10 Å². The molecule has 1 rings (SSSR count). The van der Waals surface area contributed by atoms with Crippen LogP contribution in [-0.4, -0.2) is 26.1 Å². The van der Waals surface area contributed by atoms with Crippen molar-refractivity contribution in [2.24, 2.45) is 0 Å². The summed E-state index contributed by atoms with van der Waals surface area (Å²) in [7, 11) is 0.